The molecule has 1 aromatic carbocycles. The minimum Gasteiger partial charge on any atom is -0.0683 e. The minimum atomic E-state index is 1.14. The summed E-state index contributed by atoms with van der Waals surface area (Å²) in [4.78, 5) is 0. The maximum atomic E-state index is 2.33. The molecule has 0 aliphatic heterocycles. The molecule has 0 radical (unpaired) electrons. The van der Waals surface area contributed by atoms with Crippen LogP contribution in [0, 0.1) is 3.57 Å². The van der Waals surface area contributed by atoms with Gasteiger partial charge >= 0.3 is 0 Å². The molecule has 62 valence electrons. The van der Waals surface area contributed by atoms with E-state index in [9.17, 15) is 0 Å². The average Bonchev–Trinajstić information content (AvgIpc) is 2.08. The summed E-state index contributed by atoms with van der Waals surface area (Å²) in [6.45, 7) is 6.17. The monoisotopic (exact) mass is 262 g/mol. The summed E-state index contributed by atoms with van der Waals surface area (Å²) >= 11 is 2.33. The molecule has 1 aromatic rings. The van der Waals surface area contributed by atoms with Gasteiger partial charge in [-0.05, 0) is 46.7 Å². The lowest BCUT2D eigenvalue weighted by Gasteiger charge is -1.94. The summed E-state index contributed by atoms with van der Waals surface area (Å²) in [5.41, 5.74) is 1.42. The van der Waals surface area contributed by atoms with Crippen molar-refractivity contribution in [2.75, 3.05) is 0 Å². The first kappa shape index (κ1) is 11.0. The van der Waals surface area contributed by atoms with Crippen LogP contribution in [-0.4, -0.2) is 0 Å². The van der Waals surface area contributed by atoms with E-state index in [0.717, 1.165) is 6.42 Å². The lowest BCUT2D eigenvalue weighted by atomic mass is 10.2. The summed E-state index contributed by atoms with van der Waals surface area (Å²) in [7, 11) is 0. The van der Waals surface area contributed by atoms with E-state index in [-0.39, 0.29) is 0 Å². The Balaban J connectivity index is 0.000000461. The van der Waals surface area contributed by atoms with E-state index in [0.29, 0.717) is 0 Å². The topological polar surface area (TPSA) is 0 Å². The summed E-state index contributed by atoms with van der Waals surface area (Å²) in [5, 5.41) is 0. The highest BCUT2D eigenvalue weighted by molar-refractivity contribution is 14.1. The molecule has 0 bridgehead atoms. The zero-order valence-electron chi connectivity index (χ0n) is 7.39. The van der Waals surface area contributed by atoms with Crippen molar-refractivity contribution in [3.05, 3.63) is 33.4 Å². The van der Waals surface area contributed by atoms with E-state index >= 15 is 0 Å². The second kappa shape index (κ2) is 6.65. The van der Waals surface area contributed by atoms with Gasteiger partial charge in [0.15, 0.2) is 0 Å². The van der Waals surface area contributed by atoms with Crippen LogP contribution in [0.3, 0.4) is 0 Å². The van der Waals surface area contributed by atoms with Crippen molar-refractivity contribution in [1.82, 2.24) is 0 Å². The summed E-state index contributed by atoms with van der Waals surface area (Å²) in [5.74, 6) is 0. The normalized spacial score (nSPS) is 8.36. The third-order valence-electron chi connectivity index (χ3n) is 1.30. The molecule has 0 N–H and O–H groups in total. The van der Waals surface area contributed by atoms with E-state index in [1.807, 2.05) is 13.8 Å². The maximum Gasteiger partial charge on any atom is 0.0133 e. The van der Waals surface area contributed by atoms with Crippen molar-refractivity contribution < 1.29 is 0 Å². The molecule has 0 saturated heterocycles. The zero-order chi connectivity index (χ0) is 8.69. The van der Waals surface area contributed by atoms with Gasteiger partial charge in [-0.25, -0.2) is 0 Å². The molecule has 11 heavy (non-hydrogen) atoms. The first-order chi connectivity index (χ1) is 5.33. The molecule has 0 fully saturated rings. The smallest absolute Gasteiger partial charge is 0.0133 e. The summed E-state index contributed by atoms with van der Waals surface area (Å²) in [6, 6.07) is 8.57. The van der Waals surface area contributed by atoms with E-state index in [1.165, 1.54) is 9.13 Å². The lowest BCUT2D eigenvalue weighted by molar-refractivity contribution is 1.14. The van der Waals surface area contributed by atoms with Gasteiger partial charge in [0.05, 0.1) is 0 Å². The Bertz CT molecular complexity index is 194. The molecule has 1 heteroatoms. The molecular weight excluding hydrogens is 247 g/mol. The van der Waals surface area contributed by atoms with Gasteiger partial charge in [0.25, 0.3) is 0 Å². The maximum absolute atomic E-state index is 2.33. The first-order valence-electron chi connectivity index (χ1n) is 4.07. The van der Waals surface area contributed by atoms with Crippen molar-refractivity contribution in [3.63, 3.8) is 0 Å². The van der Waals surface area contributed by atoms with Crippen molar-refractivity contribution >= 4 is 22.6 Å². The zero-order valence-corrected chi connectivity index (χ0v) is 9.55. The Labute approximate surface area is 83.2 Å². The van der Waals surface area contributed by atoms with E-state index in [1.54, 1.807) is 0 Å². The van der Waals surface area contributed by atoms with Gasteiger partial charge in [0.2, 0.25) is 0 Å². The molecule has 0 unspecified atom stereocenters. The highest BCUT2D eigenvalue weighted by Crippen LogP contribution is 2.07. The van der Waals surface area contributed by atoms with Crippen molar-refractivity contribution in [1.29, 1.82) is 0 Å². The number of rotatable bonds is 1. The Morgan fingerprint density at radius 1 is 1.27 bits per heavy atom. The fourth-order valence-electron chi connectivity index (χ4n) is 0.757. The molecule has 0 nitrogen and oxygen atoms in total. The molecule has 0 aliphatic rings. The Hall–Kier alpha value is -0.0500. The molecular formula is C10H15I. The predicted molar refractivity (Wildman–Crippen MR) is 59.9 cm³/mol. The Kier molecular flexibility index (Phi) is 6.62. The van der Waals surface area contributed by atoms with Gasteiger partial charge in [-0.2, -0.15) is 0 Å². The van der Waals surface area contributed by atoms with Crippen molar-refractivity contribution in [2.24, 2.45) is 0 Å². The van der Waals surface area contributed by atoms with Crippen molar-refractivity contribution in [3.8, 4) is 0 Å². The largest absolute Gasteiger partial charge is 0.0683 e. The molecule has 0 aliphatic carbocycles. The Morgan fingerprint density at radius 2 is 1.91 bits per heavy atom. The number of benzene rings is 1. The SMILES string of the molecule is CC.CCc1cccc(I)c1. The Morgan fingerprint density at radius 3 is 2.27 bits per heavy atom. The number of aryl methyl sites for hydroxylation is 1. The third kappa shape index (κ3) is 4.40. The lowest BCUT2D eigenvalue weighted by Crippen LogP contribution is -1.78. The molecule has 0 amide bonds. The van der Waals surface area contributed by atoms with Gasteiger partial charge in [-0.1, -0.05) is 32.9 Å². The van der Waals surface area contributed by atoms with Crippen LogP contribution in [0.2, 0.25) is 0 Å². The molecule has 0 heterocycles. The minimum absolute atomic E-state index is 1.14. The standard InChI is InChI=1S/C8H9I.C2H6/c1-2-7-4-3-5-8(9)6-7;1-2/h3-6H,2H2,1H3;1-2H3. The molecule has 1 rings (SSSR count). The first-order valence-corrected chi connectivity index (χ1v) is 5.15. The second-order valence-corrected chi connectivity index (χ2v) is 3.23. The number of hydrogen-bond donors (Lipinski definition) is 0. The number of halogens is 1. The van der Waals surface area contributed by atoms with Gasteiger partial charge in [0.1, 0.15) is 0 Å². The van der Waals surface area contributed by atoms with E-state index in [2.05, 4.69) is 53.8 Å². The molecule has 0 atom stereocenters. The third-order valence-corrected chi connectivity index (χ3v) is 1.97. The molecule has 0 saturated carbocycles. The van der Waals surface area contributed by atoms with Crippen LogP contribution in [-0.2, 0) is 6.42 Å². The van der Waals surface area contributed by atoms with Gasteiger partial charge < -0.3 is 0 Å². The van der Waals surface area contributed by atoms with Crippen LogP contribution >= 0.6 is 22.6 Å². The van der Waals surface area contributed by atoms with Crippen LogP contribution in [0.15, 0.2) is 24.3 Å². The highest BCUT2D eigenvalue weighted by Gasteiger charge is 1.87. The summed E-state index contributed by atoms with van der Waals surface area (Å²) < 4.78 is 1.33. The van der Waals surface area contributed by atoms with Crippen LogP contribution in [0.25, 0.3) is 0 Å². The van der Waals surface area contributed by atoms with E-state index < -0.39 is 0 Å². The van der Waals surface area contributed by atoms with Crippen molar-refractivity contribution in [2.45, 2.75) is 27.2 Å². The molecule has 0 spiro atoms. The van der Waals surface area contributed by atoms with Crippen LogP contribution in [0.4, 0.5) is 0 Å². The van der Waals surface area contributed by atoms with Crippen LogP contribution in [0.1, 0.15) is 26.3 Å². The quantitative estimate of drug-likeness (QED) is 0.674. The fraction of sp³-hybridized carbons (Fsp3) is 0.400. The van der Waals surface area contributed by atoms with Gasteiger partial charge in [-0.3, -0.25) is 0 Å². The average molecular weight is 262 g/mol. The van der Waals surface area contributed by atoms with Crippen LogP contribution in [0.5, 0.6) is 0 Å². The van der Waals surface area contributed by atoms with Crippen LogP contribution < -0.4 is 0 Å². The summed E-state index contributed by atoms with van der Waals surface area (Å²) in [6.07, 6.45) is 1.14. The highest BCUT2D eigenvalue weighted by atomic mass is 127. The predicted octanol–water partition coefficient (Wildman–Crippen LogP) is 3.88. The number of hydrogen-bond acceptors (Lipinski definition) is 0. The molecule has 0 aromatic heterocycles. The van der Waals surface area contributed by atoms with Gasteiger partial charge in [-0.15, -0.1) is 0 Å². The second-order valence-electron chi connectivity index (χ2n) is 1.98. The van der Waals surface area contributed by atoms with Gasteiger partial charge in [0, 0.05) is 3.57 Å². The fourth-order valence-corrected chi connectivity index (χ4v) is 1.36. The van der Waals surface area contributed by atoms with E-state index in [4.69, 9.17) is 0 Å².